The van der Waals surface area contributed by atoms with Crippen LogP contribution in [0.3, 0.4) is 0 Å². The minimum atomic E-state index is -0.0273. The summed E-state index contributed by atoms with van der Waals surface area (Å²) in [6, 6.07) is 0. The van der Waals surface area contributed by atoms with E-state index in [0.29, 0.717) is 26.2 Å². The van der Waals surface area contributed by atoms with Crippen molar-refractivity contribution in [2.45, 2.75) is 13.5 Å². The van der Waals surface area contributed by atoms with Gasteiger partial charge in [-0.15, -0.1) is 5.10 Å². The zero-order valence-electron chi connectivity index (χ0n) is 9.61. The minimum absolute atomic E-state index is 0.0273. The SMILES string of the molecule is CC(=O)N1CCN(C(=O)Cn2cnnn2)CC1. The molecule has 2 heterocycles. The number of carbonyl (C=O) groups is 2. The van der Waals surface area contributed by atoms with Gasteiger partial charge in [0.15, 0.2) is 0 Å². The third-order valence-corrected chi connectivity index (χ3v) is 2.77. The molecule has 1 aromatic rings. The predicted molar refractivity (Wildman–Crippen MR) is 56.7 cm³/mol. The largest absolute Gasteiger partial charge is 0.339 e. The quantitative estimate of drug-likeness (QED) is 0.617. The average Bonchev–Trinajstić information content (AvgIpc) is 2.82. The first-order chi connectivity index (χ1) is 8.16. The van der Waals surface area contributed by atoms with Crippen LogP contribution in [-0.4, -0.2) is 68.0 Å². The van der Waals surface area contributed by atoms with Crippen molar-refractivity contribution in [3.63, 3.8) is 0 Å². The topological polar surface area (TPSA) is 84.2 Å². The molecule has 8 nitrogen and oxygen atoms in total. The molecule has 0 N–H and O–H groups in total. The van der Waals surface area contributed by atoms with E-state index in [0.717, 1.165) is 0 Å². The molecule has 1 aliphatic rings. The lowest BCUT2D eigenvalue weighted by molar-refractivity contribution is -0.138. The Morgan fingerprint density at radius 2 is 1.82 bits per heavy atom. The van der Waals surface area contributed by atoms with Crippen LogP contribution < -0.4 is 0 Å². The lowest BCUT2D eigenvalue weighted by Gasteiger charge is -2.34. The third-order valence-electron chi connectivity index (χ3n) is 2.77. The highest BCUT2D eigenvalue weighted by atomic mass is 16.2. The van der Waals surface area contributed by atoms with Crippen molar-refractivity contribution >= 4 is 11.8 Å². The van der Waals surface area contributed by atoms with E-state index in [1.807, 2.05) is 0 Å². The maximum atomic E-state index is 11.8. The van der Waals surface area contributed by atoms with Gasteiger partial charge in [0.05, 0.1) is 0 Å². The number of tetrazole rings is 1. The highest BCUT2D eigenvalue weighted by molar-refractivity contribution is 5.77. The molecule has 92 valence electrons. The Hall–Kier alpha value is -1.99. The normalized spacial score (nSPS) is 16.1. The highest BCUT2D eigenvalue weighted by Crippen LogP contribution is 2.03. The van der Waals surface area contributed by atoms with E-state index in [9.17, 15) is 9.59 Å². The molecular formula is C9H14N6O2. The summed E-state index contributed by atoms with van der Waals surface area (Å²) in [6.45, 7) is 4.01. The van der Waals surface area contributed by atoms with Crippen molar-refractivity contribution < 1.29 is 9.59 Å². The number of nitrogens with zero attached hydrogens (tertiary/aromatic N) is 6. The van der Waals surface area contributed by atoms with Crippen molar-refractivity contribution in [3.8, 4) is 0 Å². The zero-order chi connectivity index (χ0) is 12.3. The van der Waals surface area contributed by atoms with Gasteiger partial charge >= 0.3 is 0 Å². The summed E-state index contributed by atoms with van der Waals surface area (Å²) in [5, 5.41) is 10.6. The lowest BCUT2D eigenvalue weighted by Crippen LogP contribution is -2.50. The van der Waals surface area contributed by atoms with Gasteiger partial charge < -0.3 is 9.80 Å². The predicted octanol–water partition coefficient (Wildman–Crippen LogP) is -1.64. The Kier molecular flexibility index (Phi) is 3.31. The van der Waals surface area contributed by atoms with E-state index >= 15 is 0 Å². The van der Waals surface area contributed by atoms with Gasteiger partial charge in [-0.05, 0) is 10.4 Å². The fraction of sp³-hybridized carbons (Fsp3) is 0.667. The summed E-state index contributed by atoms with van der Waals surface area (Å²) in [4.78, 5) is 26.4. The van der Waals surface area contributed by atoms with Gasteiger partial charge in [-0.1, -0.05) is 0 Å². The Labute approximate surface area is 98.2 Å². The molecule has 2 amide bonds. The van der Waals surface area contributed by atoms with Gasteiger partial charge in [-0.2, -0.15) is 0 Å². The molecule has 0 aliphatic carbocycles. The number of hydrogen-bond acceptors (Lipinski definition) is 5. The molecule has 0 aromatic carbocycles. The van der Waals surface area contributed by atoms with Gasteiger partial charge in [0.25, 0.3) is 0 Å². The van der Waals surface area contributed by atoms with Crippen molar-refractivity contribution in [2.75, 3.05) is 26.2 Å². The molecule has 17 heavy (non-hydrogen) atoms. The molecule has 0 bridgehead atoms. The molecule has 1 saturated heterocycles. The van der Waals surface area contributed by atoms with Crippen molar-refractivity contribution in [2.24, 2.45) is 0 Å². The fourth-order valence-electron chi connectivity index (χ4n) is 1.76. The van der Waals surface area contributed by atoms with E-state index in [4.69, 9.17) is 0 Å². The molecule has 0 atom stereocenters. The number of amides is 2. The second kappa shape index (κ2) is 4.89. The smallest absolute Gasteiger partial charge is 0.244 e. The lowest BCUT2D eigenvalue weighted by atomic mass is 10.3. The van der Waals surface area contributed by atoms with Crippen molar-refractivity contribution in [3.05, 3.63) is 6.33 Å². The molecule has 0 unspecified atom stereocenters. The number of piperazine rings is 1. The van der Waals surface area contributed by atoms with Crippen LogP contribution in [-0.2, 0) is 16.1 Å². The summed E-state index contributed by atoms with van der Waals surface area (Å²) in [5.74, 6) is 0.0260. The Bertz CT molecular complexity index is 396. The number of carbonyl (C=O) groups excluding carboxylic acids is 2. The first-order valence-corrected chi connectivity index (χ1v) is 5.41. The van der Waals surface area contributed by atoms with Crippen LogP contribution in [0.15, 0.2) is 6.33 Å². The summed E-state index contributed by atoms with van der Waals surface area (Å²) in [6.07, 6.45) is 1.41. The van der Waals surface area contributed by atoms with Gasteiger partial charge in [0.2, 0.25) is 11.8 Å². The van der Waals surface area contributed by atoms with Crippen LogP contribution in [0.5, 0.6) is 0 Å². The Morgan fingerprint density at radius 3 is 2.35 bits per heavy atom. The van der Waals surface area contributed by atoms with E-state index in [2.05, 4.69) is 15.5 Å². The fourth-order valence-corrected chi connectivity index (χ4v) is 1.76. The standard InChI is InChI=1S/C9H14N6O2/c1-8(16)13-2-4-14(5-3-13)9(17)6-15-7-10-11-12-15/h7H,2-6H2,1H3. The zero-order valence-corrected chi connectivity index (χ0v) is 9.61. The molecule has 2 rings (SSSR count). The first kappa shape index (κ1) is 11.5. The summed E-state index contributed by atoms with van der Waals surface area (Å²) in [7, 11) is 0. The number of aromatic nitrogens is 4. The van der Waals surface area contributed by atoms with E-state index in [-0.39, 0.29) is 18.4 Å². The van der Waals surface area contributed by atoms with Crippen LogP contribution in [0.2, 0.25) is 0 Å². The van der Waals surface area contributed by atoms with Gasteiger partial charge in [0, 0.05) is 33.1 Å². The van der Waals surface area contributed by atoms with Gasteiger partial charge in [-0.3, -0.25) is 9.59 Å². The maximum Gasteiger partial charge on any atom is 0.244 e. The molecule has 1 aromatic heterocycles. The number of hydrogen-bond donors (Lipinski definition) is 0. The second-order valence-electron chi connectivity index (χ2n) is 3.89. The monoisotopic (exact) mass is 238 g/mol. The molecule has 1 aliphatic heterocycles. The molecule has 0 spiro atoms. The second-order valence-corrected chi connectivity index (χ2v) is 3.89. The third kappa shape index (κ3) is 2.77. The minimum Gasteiger partial charge on any atom is -0.339 e. The highest BCUT2D eigenvalue weighted by Gasteiger charge is 2.22. The van der Waals surface area contributed by atoms with Crippen LogP contribution in [0.1, 0.15) is 6.92 Å². The maximum absolute atomic E-state index is 11.8. The van der Waals surface area contributed by atoms with Crippen LogP contribution in [0, 0.1) is 0 Å². The van der Waals surface area contributed by atoms with E-state index in [1.54, 1.807) is 16.7 Å². The Morgan fingerprint density at radius 1 is 1.18 bits per heavy atom. The van der Waals surface area contributed by atoms with Crippen LogP contribution in [0.4, 0.5) is 0 Å². The number of rotatable bonds is 2. The van der Waals surface area contributed by atoms with Gasteiger partial charge in [-0.25, -0.2) is 4.68 Å². The molecule has 1 fully saturated rings. The average molecular weight is 238 g/mol. The molecule has 0 radical (unpaired) electrons. The van der Waals surface area contributed by atoms with Crippen molar-refractivity contribution in [1.29, 1.82) is 0 Å². The molecule has 8 heteroatoms. The summed E-state index contributed by atoms with van der Waals surface area (Å²) < 4.78 is 1.39. The summed E-state index contributed by atoms with van der Waals surface area (Å²) >= 11 is 0. The van der Waals surface area contributed by atoms with E-state index in [1.165, 1.54) is 11.0 Å². The molecular weight excluding hydrogens is 224 g/mol. The first-order valence-electron chi connectivity index (χ1n) is 5.41. The van der Waals surface area contributed by atoms with Gasteiger partial charge in [0.1, 0.15) is 12.9 Å². The van der Waals surface area contributed by atoms with Crippen molar-refractivity contribution in [1.82, 2.24) is 30.0 Å². The molecule has 0 saturated carbocycles. The summed E-state index contributed by atoms with van der Waals surface area (Å²) in [5.41, 5.74) is 0. The van der Waals surface area contributed by atoms with Crippen LogP contribution >= 0.6 is 0 Å². The Balaban J connectivity index is 1.84. The van der Waals surface area contributed by atoms with Crippen LogP contribution in [0.25, 0.3) is 0 Å². The van der Waals surface area contributed by atoms with E-state index < -0.39 is 0 Å².